The highest BCUT2D eigenvalue weighted by Gasteiger charge is 2.27. The minimum atomic E-state index is 0.320. The second kappa shape index (κ2) is 9.68. The summed E-state index contributed by atoms with van der Waals surface area (Å²) in [6.07, 6.45) is 10.3. The molecule has 0 saturated carbocycles. The molecule has 2 aromatic heterocycles. The van der Waals surface area contributed by atoms with E-state index in [1.54, 1.807) is 12.4 Å². The van der Waals surface area contributed by atoms with Gasteiger partial charge in [0, 0.05) is 25.0 Å². The summed E-state index contributed by atoms with van der Waals surface area (Å²) in [7, 11) is 0. The van der Waals surface area contributed by atoms with Crippen LogP contribution in [0.4, 0.5) is 17.3 Å². The van der Waals surface area contributed by atoms with Gasteiger partial charge in [0.15, 0.2) is 11.6 Å². The van der Waals surface area contributed by atoms with Crippen LogP contribution in [0.15, 0.2) is 47.5 Å². The fourth-order valence-corrected chi connectivity index (χ4v) is 3.68. The molecule has 8 heteroatoms. The van der Waals surface area contributed by atoms with Crippen molar-refractivity contribution in [3.8, 4) is 5.95 Å². The van der Waals surface area contributed by atoms with Gasteiger partial charge in [0.1, 0.15) is 11.5 Å². The Morgan fingerprint density at radius 3 is 2.68 bits per heavy atom. The zero-order chi connectivity index (χ0) is 22.5. The van der Waals surface area contributed by atoms with Crippen LogP contribution in [0.3, 0.4) is 0 Å². The van der Waals surface area contributed by atoms with Gasteiger partial charge in [0.05, 0.1) is 6.67 Å². The average molecular weight is 423 g/mol. The molecule has 166 valence electrons. The molecule has 0 amide bonds. The number of hydrogen-bond donors (Lipinski definition) is 3. The van der Waals surface area contributed by atoms with E-state index in [0.29, 0.717) is 25.2 Å². The molecule has 2 aromatic rings. The zero-order valence-corrected chi connectivity index (χ0v) is 19.4. The molecule has 0 atom stereocenters. The normalized spacial score (nSPS) is 13.6. The van der Waals surface area contributed by atoms with Crippen molar-refractivity contribution in [2.75, 3.05) is 28.7 Å². The molecule has 1 aliphatic heterocycles. The van der Waals surface area contributed by atoms with Crippen LogP contribution in [-0.2, 0) is 0 Å². The van der Waals surface area contributed by atoms with Gasteiger partial charge >= 0.3 is 0 Å². The second-order valence-electron chi connectivity index (χ2n) is 8.10. The number of nitrogens with one attached hydrogen (secondary N) is 2. The van der Waals surface area contributed by atoms with Crippen LogP contribution in [0, 0.1) is 6.92 Å². The maximum absolute atomic E-state index is 5.96. The Kier molecular flexibility index (Phi) is 6.99. The summed E-state index contributed by atoms with van der Waals surface area (Å²) >= 11 is 0. The van der Waals surface area contributed by atoms with Gasteiger partial charge in [-0.1, -0.05) is 17.7 Å². The molecular formula is C23H34N8. The highest BCUT2D eigenvalue weighted by Crippen LogP contribution is 2.37. The molecule has 4 N–H and O–H groups in total. The second-order valence-corrected chi connectivity index (χ2v) is 8.10. The minimum absolute atomic E-state index is 0.320. The van der Waals surface area contributed by atoms with E-state index in [1.807, 2.05) is 30.7 Å². The van der Waals surface area contributed by atoms with E-state index in [4.69, 9.17) is 15.7 Å². The molecule has 0 fully saturated rings. The SMILES string of the molecule is C/C=C\C(=C(C)C)/C(=C\N)CCNc1nc(-n2ccnc2C)nc2c1NCN2C(C)C. The molecule has 0 saturated heterocycles. The van der Waals surface area contributed by atoms with Gasteiger partial charge in [-0.25, -0.2) is 4.98 Å². The van der Waals surface area contributed by atoms with Gasteiger partial charge < -0.3 is 21.3 Å². The third kappa shape index (κ3) is 4.73. The first-order chi connectivity index (χ1) is 14.9. The third-order valence-electron chi connectivity index (χ3n) is 5.35. The van der Waals surface area contributed by atoms with Crippen molar-refractivity contribution in [2.45, 2.75) is 54.0 Å². The molecule has 0 aromatic carbocycles. The summed E-state index contributed by atoms with van der Waals surface area (Å²) in [5, 5.41) is 6.96. The highest BCUT2D eigenvalue weighted by molar-refractivity contribution is 5.82. The summed E-state index contributed by atoms with van der Waals surface area (Å²) in [5.41, 5.74) is 10.4. The molecule has 0 radical (unpaired) electrons. The lowest BCUT2D eigenvalue weighted by molar-refractivity contribution is 0.715. The topological polar surface area (TPSA) is 96.9 Å². The summed E-state index contributed by atoms with van der Waals surface area (Å²) < 4.78 is 1.90. The van der Waals surface area contributed by atoms with Crippen LogP contribution >= 0.6 is 0 Å². The monoisotopic (exact) mass is 422 g/mol. The predicted octanol–water partition coefficient (Wildman–Crippen LogP) is 4.13. The van der Waals surface area contributed by atoms with Crippen LogP contribution in [0.1, 0.15) is 46.9 Å². The van der Waals surface area contributed by atoms with Gasteiger partial charge in [-0.05, 0) is 65.3 Å². The van der Waals surface area contributed by atoms with Crippen molar-refractivity contribution in [3.63, 3.8) is 0 Å². The number of rotatable bonds is 8. The van der Waals surface area contributed by atoms with Gasteiger partial charge in [0.25, 0.3) is 0 Å². The van der Waals surface area contributed by atoms with E-state index in [9.17, 15) is 0 Å². The zero-order valence-electron chi connectivity index (χ0n) is 19.4. The minimum Gasteiger partial charge on any atom is -0.404 e. The Bertz CT molecular complexity index is 1010. The van der Waals surface area contributed by atoms with Crippen molar-refractivity contribution >= 4 is 17.3 Å². The quantitative estimate of drug-likeness (QED) is 0.550. The molecule has 3 rings (SSSR count). The third-order valence-corrected chi connectivity index (χ3v) is 5.35. The first-order valence-electron chi connectivity index (χ1n) is 10.7. The number of imidazole rings is 1. The fraction of sp³-hybridized carbons (Fsp3) is 0.435. The van der Waals surface area contributed by atoms with Crippen LogP contribution in [0.2, 0.25) is 0 Å². The van der Waals surface area contributed by atoms with Crippen molar-refractivity contribution in [2.24, 2.45) is 5.73 Å². The van der Waals surface area contributed by atoms with Gasteiger partial charge in [0.2, 0.25) is 5.95 Å². The van der Waals surface area contributed by atoms with Crippen LogP contribution in [0.25, 0.3) is 5.95 Å². The summed E-state index contributed by atoms with van der Waals surface area (Å²) in [4.78, 5) is 16.2. The Morgan fingerprint density at radius 2 is 2.10 bits per heavy atom. The Labute approximate surface area is 185 Å². The standard InChI is InChI=1S/C23H34N8/c1-7-8-19(15(2)3)18(13-24)9-10-26-21-20-22(31(14-27-20)16(4)5)29-23(28-21)30-12-11-25-17(30)6/h7-8,11-13,16,27H,9-10,14,24H2,1-6H3,(H,26,28,29)/b8-7-,18-13-. The molecule has 8 nitrogen and oxygen atoms in total. The van der Waals surface area contributed by atoms with Crippen molar-refractivity contribution in [1.29, 1.82) is 0 Å². The van der Waals surface area contributed by atoms with E-state index in [-0.39, 0.29) is 0 Å². The first kappa shape index (κ1) is 22.4. The molecule has 31 heavy (non-hydrogen) atoms. The highest BCUT2D eigenvalue weighted by atomic mass is 15.4. The lowest BCUT2D eigenvalue weighted by atomic mass is 9.99. The number of anilines is 3. The molecule has 1 aliphatic rings. The number of fused-ring (bicyclic) bond motifs is 1. The Hall–Kier alpha value is -3.29. The molecule has 0 unspecified atom stereocenters. The van der Waals surface area contributed by atoms with Crippen LogP contribution in [-0.4, -0.2) is 38.8 Å². The maximum Gasteiger partial charge on any atom is 0.239 e. The van der Waals surface area contributed by atoms with Gasteiger partial charge in [-0.2, -0.15) is 9.97 Å². The van der Waals surface area contributed by atoms with Crippen molar-refractivity contribution < 1.29 is 0 Å². The van der Waals surface area contributed by atoms with E-state index in [0.717, 1.165) is 35.1 Å². The first-order valence-corrected chi connectivity index (χ1v) is 10.7. The van der Waals surface area contributed by atoms with Gasteiger partial charge in [-0.15, -0.1) is 0 Å². The van der Waals surface area contributed by atoms with E-state index < -0.39 is 0 Å². The van der Waals surface area contributed by atoms with Crippen molar-refractivity contribution in [3.05, 3.63) is 53.3 Å². The number of aromatic nitrogens is 4. The van der Waals surface area contributed by atoms with Crippen LogP contribution in [0.5, 0.6) is 0 Å². The Balaban J connectivity index is 1.89. The van der Waals surface area contributed by atoms with Crippen molar-refractivity contribution in [1.82, 2.24) is 19.5 Å². The number of allylic oxidation sites excluding steroid dienone is 4. The lowest BCUT2D eigenvalue weighted by Gasteiger charge is -2.22. The van der Waals surface area contributed by atoms with E-state index in [1.165, 1.54) is 11.1 Å². The molecule has 0 bridgehead atoms. The fourth-order valence-electron chi connectivity index (χ4n) is 3.68. The predicted molar refractivity (Wildman–Crippen MR) is 129 cm³/mol. The molecule has 0 aliphatic carbocycles. The van der Waals surface area contributed by atoms with Crippen LogP contribution < -0.4 is 21.3 Å². The summed E-state index contributed by atoms with van der Waals surface area (Å²) in [6.45, 7) is 13.9. The summed E-state index contributed by atoms with van der Waals surface area (Å²) in [5.74, 6) is 3.15. The number of aryl methyl sites for hydroxylation is 1. The average Bonchev–Trinajstić information content (AvgIpc) is 3.35. The number of nitrogens with zero attached hydrogens (tertiary/aromatic N) is 5. The maximum atomic E-state index is 5.96. The largest absolute Gasteiger partial charge is 0.404 e. The summed E-state index contributed by atoms with van der Waals surface area (Å²) in [6, 6.07) is 0.320. The molecule has 3 heterocycles. The lowest BCUT2D eigenvalue weighted by Crippen LogP contribution is -2.30. The Morgan fingerprint density at radius 1 is 1.32 bits per heavy atom. The van der Waals surface area contributed by atoms with Gasteiger partial charge in [-0.3, -0.25) is 4.57 Å². The van der Waals surface area contributed by atoms with E-state index in [2.05, 4.69) is 54.3 Å². The molecule has 0 spiro atoms. The molecular weight excluding hydrogens is 388 g/mol. The van der Waals surface area contributed by atoms with E-state index >= 15 is 0 Å². The number of hydrogen-bond acceptors (Lipinski definition) is 7. The smallest absolute Gasteiger partial charge is 0.239 e. The number of nitrogens with two attached hydrogens (primary N) is 1.